The minimum absolute atomic E-state index is 0.0418. The highest BCUT2D eigenvalue weighted by Crippen LogP contribution is 2.46. The van der Waals surface area contributed by atoms with Crippen LogP contribution >= 0.6 is 11.6 Å². The van der Waals surface area contributed by atoms with E-state index in [1.807, 2.05) is 48.5 Å². The van der Waals surface area contributed by atoms with E-state index in [2.05, 4.69) is 35.3 Å². The number of benzene rings is 3. The Morgan fingerprint density at radius 1 is 1.12 bits per heavy atom. The number of ether oxygens (including phenoxy) is 2. The number of aromatic amines is 1. The molecule has 0 radical (unpaired) electrons. The largest absolute Gasteiger partial charge is 0.489 e. The van der Waals surface area contributed by atoms with Crippen LogP contribution in [0.25, 0.3) is 11.3 Å². The van der Waals surface area contributed by atoms with Gasteiger partial charge in [-0.15, -0.1) is 5.10 Å². The van der Waals surface area contributed by atoms with Gasteiger partial charge in [0, 0.05) is 10.6 Å². The van der Waals surface area contributed by atoms with Crippen molar-refractivity contribution in [3.05, 3.63) is 112 Å². The molecule has 6 nitrogen and oxygen atoms in total. The van der Waals surface area contributed by atoms with E-state index in [0.717, 1.165) is 27.9 Å². The lowest BCUT2D eigenvalue weighted by Crippen LogP contribution is -2.21. The van der Waals surface area contributed by atoms with E-state index < -0.39 is 5.92 Å². The maximum Gasteiger partial charge on any atom is 0.244 e. The van der Waals surface area contributed by atoms with E-state index in [9.17, 15) is 5.26 Å². The Labute approximate surface area is 202 Å². The van der Waals surface area contributed by atoms with Gasteiger partial charge in [0.2, 0.25) is 11.8 Å². The van der Waals surface area contributed by atoms with Gasteiger partial charge < -0.3 is 15.2 Å². The lowest BCUT2D eigenvalue weighted by Gasteiger charge is -2.24. The summed E-state index contributed by atoms with van der Waals surface area (Å²) in [5, 5.41) is 17.9. The highest BCUT2D eigenvalue weighted by Gasteiger charge is 2.35. The van der Waals surface area contributed by atoms with Crippen LogP contribution in [0.4, 0.5) is 0 Å². The van der Waals surface area contributed by atoms with E-state index >= 15 is 0 Å². The van der Waals surface area contributed by atoms with Crippen LogP contribution in [0.3, 0.4) is 0 Å². The van der Waals surface area contributed by atoms with Crippen molar-refractivity contribution in [2.45, 2.75) is 19.4 Å². The van der Waals surface area contributed by atoms with Crippen molar-refractivity contribution in [3.8, 4) is 29.0 Å². The Morgan fingerprint density at radius 3 is 2.62 bits per heavy atom. The molecule has 7 heteroatoms. The number of nitriles is 1. The molecule has 5 rings (SSSR count). The normalized spacial score (nSPS) is 14.8. The minimum Gasteiger partial charge on any atom is -0.489 e. The molecule has 3 aromatic carbocycles. The molecule has 0 saturated carbocycles. The predicted molar refractivity (Wildman–Crippen MR) is 130 cm³/mol. The number of rotatable bonds is 5. The van der Waals surface area contributed by atoms with Gasteiger partial charge in [0.15, 0.2) is 0 Å². The Balaban J connectivity index is 1.53. The Kier molecular flexibility index (Phi) is 5.70. The molecule has 4 aromatic rings. The van der Waals surface area contributed by atoms with E-state index in [0.29, 0.717) is 28.8 Å². The molecule has 1 aliphatic heterocycles. The molecular weight excluding hydrogens is 448 g/mol. The van der Waals surface area contributed by atoms with Crippen LogP contribution in [0.2, 0.25) is 5.02 Å². The van der Waals surface area contributed by atoms with Crippen molar-refractivity contribution in [3.63, 3.8) is 0 Å². The number of nitrogens with two attached hydrogens (primary N) is 1. The highest BCUT2D eigenvalue weighted by atomic mass is 35.5. The molecule has 1 atom stereocenters. The molecule has 0 fully saturated rings. The van der Waals surface area contributed by atoms with Gasteiger partial charge in [-0.25, -0.2) is 0 Å². The number of fused-ring (bicyclic) bond motifs is 1. The molecule has 0 aliphatic carbocycles. The fourth-order valence-corrected chi connectivity index (χ4v) is 4.18. The summed E-state index contributed by atoms with van der Waals surface area (Å²) in [5.41, 5.74) is 11.9. The Bertz CT molecular complexity index is 1420. The maximum absolute atomic E-state index is 9.95. The zero-order valence-corrected chi connectivity index (χ0v) is 19.1. The fourth-order valence-electron chi connectivity index (χ4n) is 4.05. The van der Waals surface area contributed by atoms with Gasteiger partial charge >= 0.3 is 0 Å². The second-order valence-electron chi connectivity index (χ2n) is 8.10. The van der Waals surface area contributed by atoms with Gasteiger partial charge in [0.05, 0.1) is 17.2 Å². The molecule has 34 heavy (non-hydrogen) atoms. The number of allylic oxidation sites excluding steroid dienone is 1. The lowest BCUT2D eigenvalue weighted by atomic mass is 9.83. The first-order chi connectivity index (χ1) is 16.5. The molecule has 1 aromatic heterocycles. The fraction of sp³-hybridized carbons (Fsp3) is 0.111. The molecule has 0 bridgehead atoms. The number of nitrogens with one attached hydrogen (secondary N) is 1. The molecular formula is C27H21ClN4O2. The van der Waals surface area contributed by atoms with Crippen LogP contribution in [0.1, 0.15) is 28.2 Å². The van der Waals surface area contributed by atoms with Gasteiger partial charge in [0.25, 0.3) is 0 Å². The summed E-state index contributed by atoms with van der Waals surface area (Å²) in [4.78, 5) is 0. The summed E-state index contributed by atoms with van der Waals surface area (Å²) in [7, 11) is 0. The highest BCUT2D eigenvalue weighted by molar-refractivity contribution is 6.30. The van der Waals surface area contributed by atoms with E-state index in [1.54, 1.807) is 12.1 Å². The third kappa shape index (κ3) is 4.09. The van der Waals surface area contributed by atoms with Gasteiger partial charge in [-0.2, -0.15) is 5.26 Å². The molecule has 168 valence electrons. The third-order valence-corrected chi connectivity index (χ3v) is 6.04. The van der Waals surface area contributed by atoms with E-state index in [4.69, 9.17) is 26.8 Å². The average Bonchev–Trinajstić information content (AvgIpc) is 3.26. The van der Waals surface area contributed by atoms with Crippen molar-refractivity contribution in [2.24, 2.45) is 5.73 Å². The summed E-state index contributed by atoms with van der Waals surface area (Å²) in [6.45, 7) is 2.49. The summed E-state index contributed by atoms with van der Waals surface area (Å²) in [6.07, 6.45) is 0. The average molecular weight is 469 g/mol. The summed E-state index contributed by atoms with van der Waals surface area (Å²) < 4.78 is 11.8. The molecule has 2 heterocycles. The van der Waals surface area contributed by atoms with Crippen LogP contribution in [-0.2, 0) is 6.61 Å². The van der Waals surface area contributed by atoms with Crippen LogP contribution in [-0.4, -0.2) is 10.2 Å². The second-order valence-corrected chi connectivity index (χ2v) is 8.53. The van der Waals surface area contributed by atoms with Crippen molar-refractivity contribution in [2.75, 3.05) is 0 Å². The van der Waals surface area contributed by atoms with Crippen LogP contribution in [0.15, 0.2) is 84.3 Å². The molecule has 1 aliphatic rings. The van der Waals surface area contributed by atoms with Crippen molar-refractivity contribution in [1.82, 2.24) is 10.2 Å². The molecule has 3 N–H and O–H groups in total. The van der Waals surface area contributed by atoms with Gasteiger partial charge in [-0.05, 0) is 42.3 Å². The standard InChI is InChI=1S/C27H21ClN4O2/c1-16-5-7-17(8-6-16)15-33-21-4-2-3-19(13-21)23-22(14-29)26(30)34-27-24(23)25(31-32-27)18-9-11-20(28)12-10-18/h2-13,23H,15,30H2,1H3,(H,31,32)/t23-/m0/s1. The Hall–Kier alpha value is -4.21. The smallest absolute Gasteiger partial charge is 0.244 e. The van der Waals surface area contributed by atoms with Gasteiger partial charge in [-0.1, -0.05) is 65.7 Å². The first-order valence-electron chi connectivity index (χ1n) is 10.7. The molecule has 0 unspecified atom stereocenters. The number of nitrogens with zero attached hydrogens (tertiary/aromatic N) is 2. The minimum atomic E-state index is -0.471. The van der Waals surface area contributed by atoms with Gasteiger partial charge in [-0.3, -0.25) is 5.10 Å². The quantitative estimate of drug-likeness (QED) is 0.383. The third-order valence-electron chi connectivity index (χ3n) is 5.79. The van der Waals surface area contributed by atoms with Crippen molar-refractivity contribution >= 4 is 11.6 Å². The zero-order valence-electron chi connectivity index (χ0n) is 18.4. The Morgan fingerprint density at radius 2 is 1.88 bits per heavy atom. The SMILES string of the molecule is Cc1ccc(COc2cccc([C@H]3C(C#N)=C(N)Oc4n[nH]c(-c5ccc(Cl)cc5)c43)c2)cc1. The number of aromatic nitrogens is 2. The molecule has 0 saturated heterocycles. The monoisotopic (exact) mass is 468 g/mol. The number of H-pyrrole nitrogens is 1. The predicted octanol–water partition coefficient (Wildman–Crippen LogP) is 5.84. The topological polar surface area (TPSA) is 96.9 Å². The number of hydrogen-bond donors (Lipinski definition) is 2. The summed E-state index contributed by atoms with van der Waals surface area (Å²) >= 11 is 6.07. The van der Waals surface area contributed by atoms with Crippen LogP contribution in [0, 0.1) is 18.3 Å². The first-order valence-corrected chi connectivity index (χ1v) is 11.1. The van der Waals surface area contributed by atoms with Crippen LogP contribution in [0.5, 0.6) is 11.6 Å². The zero-order chi connectivity index (χ0) is 23.7. The van der Waals surface area contributed by atoms with Crippen LogP contribution < -0.4 is 15.2 Å². The second kappa shape index (κ2) is 8.97. The molecule has 0 spiro atoms. The first kappa shape index (κ1) is 21.6. The van der Waals surface area contributed by atoms with Crippen molar-refractivity contribution < 1.29 is 9.47 Å². The maximum atomic E-state index is 9.95. The molecule has 0 amide bonds. The van der Waals surface area contributed by atoms with Crippen molar-refractivity contribution in [1.29, 1.82) is 5.26 Å². The number of hydrogen-bond acceptors (Lipinski definition) is 5. The number of aryl methyl sites for hydroxylation is 1. The van der Waals surface area contributed by atoms with E-state index in [-0.39, 0.29) is 5.88 Å². The number of halogens is 1. The summed E-state index contributed by atoms with van der Waals surface area (Å²) in [5.74, 6) is 0.608. The summed E-state index contributed by atoms with van der Waals surface area (Å²) in [6, 6.07) is 25.5. The van der Waals surface area contributed by atoms with Gasteiger partial charge in [0.1, 0.15) is 24.0 Å². The lowest BCUT2D eigenvalue weighted by molar-refractivity contribution is 0.305. The van der Waals surface area contributed by atoms with E-state index in [1.165, 1.54) is 5.56 Å².